The molecular formula is C16H32N4. The second kappa shape index (κ2) is 10.7. The van der Waals surface area contributed by atoms with Crippen LogP contribution >= 0.6 is 0 Å². The standard InChI is InChI=1S/C16H32N4/c1-4-12-18-16(17-5-2)19-13-9-14-20(3)15-10-7-6-8-11-15/h4,15H,1,5-14H2,2-3H3,(H2,17,18,19). The van der Waals surface area contributed by atoms with E-state index in [0.29, 0.717) is 0 Å². The average Bonchev–Trinajstić information content (AvgIpc) is 2.49. The SMILES string of the molecule is C=CCNC(=NCCCN(C)C1CCCCC1)NCC. The zero-order valence-corrected chi connectivity index (χ0v) is 13.3. The Bertz CT molecular complexity index is 282. The normalized spacial score (nSPS) is 17.2. The van der Waals surface area contributed by atoms with Gasteiger partial charge in [-0.1, -0.05) is 25.3 Å². The number of hydrogen-bond acceptors (Lipinski definition) is 2. The highest BCUT2D eigenvalue weighted by atomic mass is 15.2. The molecule has 2 N–H and O–H groups in total. The van der Waals surface area contributed by atoms with Gasteiger partial charge in [-0.05, 0) is 39.8 Å². The number of rotatable bonds is 8. The van der Waals surface area contributed by atoms with Crippen LogP contribution < -0.4 is 10.6 Å². The van der Waals surface area contributed by atoms with Crippen molar-refractivity contribution in [3.05, 3.63) is 12.7 Å². The van der Waals surface area contributed by atoms with Crippen LogP contribution in [0.4, 0.5) is 0 Å². The van der Waals surface area contributed by atoms with Gasteiger partial charge in [0.05, 0.1) is 0 Å². The van der Waals surface area contributed by atoms with Crippen LogP contribution in [-0.4, -0.2) is 50.1 Å². The largest absolute Gasteiger partial charge is 0.357 e. The smallest absolute Gasteiger partial charge is 0.191 e. The van der Waals surface area contributed by atoms with Crippen LogP contribution in [0.2, 0.25) is 0 Å². The van der Waals surface area contributed by atoms with Crippen molar-refractivity contribution in [3.63, 3.8) is 0 Å². The summed E-state index contributed by atoms with van der Waals surface area (Å²) in [6, 6.07) is 0.805. The van der Waals surface area contributed by atoms with E-state index < -0.39 is 0 Å². The number of nitrogens with one attached hydrogen (secondary N) is 2. The molecule has 4 nitrogen and oxygen atoms in total. The maximum absolute atomic E-state index is 4.59. The van der Waals surface area contributed by atoms with Crippen molar-refractivity contribution in [2.75, 3.05) is 33.2 Å². The van der Waals surface area contributed by atoms with E-state index in [9.17, 15) is 0 Å². The Morgan fingerprint density at radius 3 is 2.70 bits per heavy atom. The van der Waals surface area contributed by atoms with Crippen LogP contribution in [0.25, 0.3) is 0 Å². The molecule has 0 unspecified atom stereocenters. The van der Waals surface area contributed by atoms with E-state index in [1.807, 2.05) is 6.08 Å². The molecule has 1 aliphatic rings. The third kappa shape index (κ3) is 6.94. The van der Waals surface area contributed by atoms with E-state index in [-0.39, 0.29) is 0 Å². The maximum Gasteiger partial charge on any atom is 0.191 e. The van der Waals surface area contributed by atoms with Crippen LogP contribution in [-0.2, 0) is 0 Å². The topological polar surface area (TPSA) is 39.7 Å². The maximum atomic E-state index is 4.59. The van der Waals surface area contributed by atoms with E-state index in [1.54, 1.807) is 0 Å². The Hall–Kier alpha value is -1.03. The molecule has 1 saturated carbocycles. The second-order valence-electron chi connectivity index (χ2n) is 5.56. The van der Waals surface area contributed by atoms with Gasteiger partial charge in [-0.2, -0.15) is 0 Å². The van der Waals surface area contributed by atoms with Crippen LogP contribution in [0, 0.1) is 0 Å². The lowest BCUT2D eigenvalue weighted by Gasteiger charge is -2.31. The van der Waals surface area contributed by atoms with E-state index in [1.165, 1.54) is 32.1 Å². The molecule has 1 aliphatic carbocycles. The molecule has 4 heteroatoms. The summed E-state index contributed by atoms with van der Waals surface area (Å²) in [5.41, 5.74) is 0. The first-order valence-electron chi connectivity index (χ1n) is 8.11. The van der Waals surface area contributed by atoms with Crippen molar-refractivity contribution < 1.29 is 0 Å². The highest BCUT2D eigenvalue weighted by Crippen LogP contribution is 2.21. The molecule has 0 spiro atoms. The van der Waals surface area contributed by atoms with Gasteiger partial charge in [0.15, 0.2) is 5.96 Å². The molecule has 116 valence electrons. The van der Waals surface area contributed by atoms with Crippen molar-refractivity contribution in [3.8, 4) is 0 Å². The van der Waals surface area contributed by atoms with Gasteiger partial charge >= 0.3 is 0 Å². The number of guanidine groups is 1. The van der Waals surface area contributed by atoms with Crippen LogP contribution in [0.3, 0.4) is 0 Å². The predicted molar refractivity (Wildman–Crippen MR) is 88.3 cm³/mol. The van der Waals surface area contributed by atoms with Crippen LogP contribution in [0.5, 0.6) is 0 Å². The van der Waals surface area contributed by atoms with Crippen LogP contribution in [0.15, 0.2) is 17.6 Å². The van der Waals surface area contributed by atoms with Crippen molar-refractivity contribution in [1.29, 1.82) is 0 Å². The fourth-order valence-electron chi connectivity index (χ4n) is 2.73. The van der Waals surface area contributed by atoms with Crippen molar-refractivity contribution in [2.45, 2.75) is 51.5 Å². The molecule has 1 fully saturated rings. The zero-order chi connectivity index (χ0) is 14.6. The summed E-state index contributed by atoms with van der Waals surface area (Å²) >= 11 is 0. The molecule has 0 bridgehead atoms. The summed E-state index contributed by atoms with van der Waals surface area (Å²) in [4.78, 5) is 7.11. The molecule has 0 amide bonds. The summed E-state index contributed by atoms with van der Waals surface area (Å²) < 4.78 is 0. The second-order valence-corrected chi connectivity index (χ2v) is 5.56. The van der Waals surface area contributed by atoms with Gasteiger partial charge in [0.2, 0.25) is 0 Å². The highest BCUT2D eigenvalue weighted by Gasteiger charge is 2.17. The van der Waals surface area contributed by atoms with Gasteiger partial charge in [-0.25, -0.2) is 0 Å². The van der Waals surface area contributed by atoms with Gasteiger partial charge < -0.3 is 15.5 Å². The first-order valence-corrected chi connectivity index (χ1v) is 8.11. The molecule has 0 atom stereocenters. The number of nitrogens with zero attached hydrogens (tertiary/aromatic N) is 2. The zero-order valence-electron chi connectivity index (χ0n) is 13.3. The molecule has 0 heterocycles. The molecule has 0 saturated heterocycles. The molecule has 0 aromatic carbocycles. The lowest BCUT2D eigenvalue weighted by molar-refractivity contribution is 0.191. The van der Waals surface area contributed by atoms with Crippen molar-refractivity contribution in [1.82, 2.24) is 15.5 Å². The number of aliphatic imine (C=N–C) groups is 1. The van der Waals surface area contributed by atoms with Gasteiger partial charge in [0.25, 0.3) is 0 Å². The molecular weight excluding hydrogens is 248 g/mol. The van der Waals surface area contributed by atoms with Crippen molar-refractivity contribution in [2.24, 2.45) is 4.99 Å². The fraction of sp³-hybridized carbons (Fsp3) is 0.812. The van der Waals surface area contributed by atoms with Gasteiger partial charge in [-0.3, -0.25) is 4.99 Å². The van der Waals surface area contributed by atoms with E-state index >= 15 is 0 Å². The van der Waals surface area contributed by atoms with E-state index in [4.69, 9.17) is 0 Å². The summed E-state index contributed by atoms with van der Waals surface area (Å²) in [5, 5.41) is 6.48. The Labute approximate surface area is 124 Å². The average molecular weight is 280 g/mol. The predicted octanol–water partition coefficient (Wildman–Crippen LogP) is 2.38. The van der Waals surface area contributed by atoms with E-state index in [0.717, 1.165) is 44.6 Å². The minimum atomic E-state index is 0.758. The molecule has 1 rings (SSSR count). The minimum absolute atomic E-state index is 0.758. The van der Waals surface area contributed by atoms with Gasteiger partial charge in [-0.15, -0.1) is 6.58 Å². The minimum Gasteiger partial charge on any atom is -0.357 e. The third-order valence-corrected chi connectivity index (χ3v) is 3.89. The first kappa shape index (κ1) is 17.0. The van der Waals surface area contributed by atoms with Gasteiger partial charge in [0, 0.05) is 25.7 Å². The Kier molecular flexibility index (Phi) is 9.13. The lowest BCUT2D eigenvalue weighted by Crippen LogP contribution is -2.37. The summed E-state index contributed by atoms with van der Waals surface area (Å²) in [6.07, 6.45) is 9.97. The van der Waals surface area contributed by atoms with Crippen LogP contribution in [0.1, 0.15) is 45.4 Å². The first-order chi connectivity index (χ1) is 9.77. The monoisotopic (exact) mass is 280 g/mol. The Morgan fingerprint density at radius 1 is 1.30 bits per heavy atom. The molecule has 0 aliphatic heterocycles. The third-order valence-electron chi connectivity index (χ3n) is 3.89. The summed E-state index contributed by atoms with van der Waals surface area (Å²) in [5.74, 6) is 0.896. The van der Waals surface area contributed by atoms with Gasteiger partial charge in [0.1, 0.15) is 0 Å². The van der Waals surface area contributed by atoms with E-state index in [2.05, 4.69) is 41.1 Å². The molecule has 0 radical (unpaired) electrons. The summed E-state index contributed by atoms with van der Waals surface area (Å²) in [6.45, 7) is 9.48. The molecule has 0 aromatic rings. The molecule has 20 heavy (non-hydrogen) atoms. The van der Waals surface area contributed by atoms with Crippen molar-refractivity contribution >= 4 is 5.96 Å². The molecule has 0 aromatic heterocycles. The lowest BCUT2D eigenvalue weighted by atomic mass is 9.94. The Balaban J connectivity index is 2.21. The summed E-state index contributed by atoms with van der Waals surface area (Å²) in [7, 11) is 2.26. The number of hydrogen-bond donors (Lipinski definition) is 2. The Morgan fingerprint density at radius 2 is 2.05 bits per heavy atom. The highest BCUT2D eigenvalue weighted by molar-refractivity contribution is 5.79. The quantitative estimate of drug-likeness (QED) is 0.310. The fourth-order valence-corrected chi connectivity index (χ4v) is 2.73.